The summed E-state index contributed by atoms with van der Waals surface area (Å²) in [5, 5.41) is 18.0. The monoisotopic (exact) mass is 136 g/mol. The van der Waals surface area contributed by atoms with Gasteiger partial charge in [-0.3, -0.25) is 0 Å². The second-order valence-corrected chi connectivity index (χ2v) is 2.61. The molecule has 0 saturated carbocycles. The quantitative estimate of drug-likeness (QED) is 0.526. The SMILES string of the molecule is Oc1cc2c(cc1O)CC2. The standard InChI is InChI=1S/C8H8O2/c9-7-3-5-1-2-6(5)4-8(7)10/h3-4,9-10H,1-2H2. The number of phenols is 2. The summed E-state index contributed by atoms with van der Waals surface area (Å²) >= 11 is 0. The van der Waals surface area contributed by atoms with Gasteiger partial charge in [0.2, 0.25) is 0 Å². The Morgan fingerprint density at radius 1 is 0.900 bits per heavy atom. The van der Waals surface area contributed by atoms with Crippen molar-refractivity contribution < 1.29 is 10.2 Å². The van der Waals surface area contributed by atoms with Gasteiger partial charge < -0.3 is 10.2 Å². The van der Waals surface area contributed by atoms with Gasteiger partial charge >= 0.3 is 0 Å². The summed E-state index contributed by atoms with van der Waals surface area (Å²) < 4.78 is 0. The third kappa shape index (κ3) is 0.588. The zero-order chi connectivity index (χ0) is 7.14. The first kappa shape index (κ1) is 5.59. The van der Waals surface area contributed by atoms with Crippen LogP contribution in [0.3, 0.4) is 0 Å². The van der Waals surface area contributed by atoms with Crippen molar-refractivity contribution in [2.45, 2.75) is 12.8 Å². The zero-order valence-electron chi connectivity index (χ0n) is 5.46. The van der Waals surface area contributed by atoms with Crippen molar-refractivity contribution in [1.29, 1.82) is 0 Å². The summed E-state index contributed by atoms with van der Waals surface area (Å²) in [5.74, 6) is -0.00287. The molecule has 0 aliphatic heterocycles. The minimum absolute atomic E-state index is 0.00144. The van der Waals surface area contributed by atoms with Crippen molar-refractivity contribution in [1.82, 2.24) is 0 Å². The molecule has 0 radical (unpaired) electrons. The van der Waals surface area contributed by atoms with Crippen molar-refractivity contribution >= 4 is 0 Å². The summed E-state index contributed by atoms with van der Waals surface area (Å²) in [5.41, 5.74) is 2.32. The van der Waals surface area contributed by atoms with Crippen LogP contribution in [0.15, 0.2) is 12.1 Å². The van der Waals surface area contributed by atoms with E-state index in [-0.39, 0.29) is 11.5 Å². The molecule has 2 nitrogen and oxygen atoms in total. The van der Waals surface area contributed by atoms with Crippen LogP contribution in [0.5, 0.6) is 11.5 Å². The third-order valence-corrected chi connectivity index (χ3v) is 1.96. The molecule has 0 spiro atoms. The van der Waals surface area contributed by atoms with Crippen molar-refractivity contribution in [3.63, 3.8) is 0 Å². The van der Waals surface area contributed by atoms with Gasteiger partial charge in [0, 0.05) is 0 Å². The summed E-state index contributed by atoms with van der Waals surface area (Å²) in [6.45, 7) is 0. The Balaban J connectivity index is 2.60. The van der Waals surface area contributed by atoms with Gasteiger partial charge in [-0.15, -0.1) is 0 Å². The number of phenolic OH excluding ortho intramolecular Hbond substituents is 2. The van der Waals surface area contributed by atoms with Crippen molar-refractivity contribution in [3.05, 3.63) is 23.3 Å². The molecule has 0 heterocycles. The molecule has 52 valence electrons. The summed E-state index contributed by atoms with van der Waals surface area (Å²) in [6, 6.07) is 3.27. The van der Waals surface area contributed by atoms with Crippen LogP contribution in [-0.4, -0.2) is 10.2 Å². The lowest BCUT2D eigenvalue weighted by molar-refractivity contribution is 0.401. The molecule has 0 saturated heterocycles. The molecular formula is C8H8O2. The number of aryl methyl sites for hydroxylation is 2. The fourth-order valence-corrected chi connectivity index (χ4v) is 1.22. The van der Waals surface area contributed by atoms with Gasteiger partial charge in [-0.05, 0) is 36.1 Å². The molecule has 2 rings (SSSR count). The molecular weight excluding hydrogens is 128 g/mol. The first-order chi connectivity index (χ1) is 4.77. The largest absolute Gasteiger partial charge is 0.504 e. The minimum atomic E-state index is -0.00144. The summed E-state index contributed by atoms with van der Waals surface area (Å²) in [4.78, 5) is 0. The minimum Gasteiger partial charge on any atom is -0.504 e. The van der Waals surface area contributed by atoms with E-state index < -0.39 is 0 Å². The van der Waals surface area contributed by atoms with E-state index in [0.29, 0.717) is 0 Å². The van der Waals surface area contributed by atoms with Crippen molar-refractivity contribution in [3.8, 4) is 11.5 Å². The topological polar surface area (TPSA) is 40.5 Å². The second kappa shape index (κ2) is 1.66. The Kier molecular flexibility index (Phi) is 0.926. The molecule has 1 aliphatic rings. The number of fused-ring (bicyclic) bond motifs is 1. The number of rotatable bonds is 0. The molecule has 1 aliphatic carbocycles. The van der Waals surface area contributed by atoms with Gasteiger partial charge in [-0.1, -0.05) is 0 Å². The Labute approximate surface area is 58.7 Å². The van der Waals surface area contributed by atoms with Gasteiger partial charge in [0.1, 0.15) is 0 Å². The highest BCUT2D eigenvalue weighted by molar-refractivity contribution is 5.49. The fraction of sp³-hybridized carbons (Fsp3) is 0.250. The van der Waals surface area contributed by atoms with Crippen molar-refractivity contribution in [2.75, 3.05) is 0 Å². The van der Waals surface area contributed by atoms with Crippen LogP contribution in [0.4, 0.5) is 0 Å². The number of hydrogen-bond donors (Lipinski definition) is 2. The van der Waals surface area contributed by atoms with Gasteiger partial charge in [-0.2, -0.15) is 0 Å². The number of hydrogen-bond acceptors (Lipinski definition) is 2. The molecule has 0 aromatic heterocycles. The molecule has 1 aromatic carbocycles. The average molecular weight is 136 g/mol. The Bertz CT molecular complexity index is 239. The highest BCUT2D eigenvalue weighted by Crippen LogP contribution is 2.33. The van der Waals surface area contributed by atoms with Gasteiger partial charge in [-0.25, -0.2) is 0 Å². The lowest BCUT2D eigenvalue weighted by atomic mass is 9.88. The van der Waals surface area contributed by atoms with Crippen LogP contribution in [0.1, 0.15) is 11.1 Å². The van der Waals surface area contributed by atoms with Crippen LogP contribution in [-0.2, 0) is 12.8 Å². The van der Waals surface area contributed by atoms with Crippen LogP contribution in [0, 0.1) is 0 Å². The lowest BCUT2D eigenvalue weighted by Crippen LogP contribution is -2.06. The Morgan fingerprint density at radius 2 is 1.30 bits per heavy atom. The Hall–Kier alpha value is -1.18. The van der Waals surface area contributed by atoms with Crippen LogP contribution >= 0.6 is 0 Å². The van der Waals surface area contributed by atoms with E-state index in [4.69, 9.17) is 10.2 Å². The third-order valence-electron chi connectivity index (χ3n) is 1.96. The van der Waals surface area contributed by atoms with E-state index in [1.165, 1.54) is 0 Å². The Morgan fingerprint density at radius 3 is 1.60 bits per heavy atom. The predicted octanol–water partition coefficient (Wildman–Crippen LogP) is 1.20. The molecule has 0 amide bonds. The fourth-order valence-electron chi connectivity index (χ4n) is 1.22. The smallest absolute Gasteiger partial charge is 0.157 e. The first-order valence-electron chi connectivity index (χ1n) is 3.31. The lowest BCUT2D eigenvalue weighted by Gasteiger charge is -2.18. The summed E-state index contributed by atoms with van der Waals surface area (Å²) in [6.07, 6.45) is 2.06. The van der Waals surface area contributed by atoms with Crippen LogP contribution < -0.4 is 0 Å². The molecule has 0 atom stereocenters. The summed E-state index contributed by atoms with van der Waals surface area (Å²) in [7, 11) is 0. The highest BCUT2D eigenvalue weighted by atomic mass is 16.3. The van der Waals surface area contributed by atoms with Crippen LogP contribution in [0.25, 0.3) is 0 Å². The first-order valence-corrected chi connectivity index (χ1v) is 3.31. The maximum absolute atomic E-state index is 9.01. The van der Waals surface area contributed by atoms with E-state index in [1.807, 2.05) is 0 Å². The maximum atomic E-state index is 9.01. The number of aromatic hydroxyl groups is 2. The molecule has 1 aromatic rings. The second-order valence-electron chi connectivity index (χ2n) is 2.61. The molecule has 10 heavy (non-hydrogen) atoms. The average Bonchev–Trinajstić information content (AvgIpc) is 1.89. The van der Waals surface area contributed by atoms with Gasteiger partial charge in [0.15, 0.2) is 11.5 Å². The van der Waals surface area contributed by atoms with E-state index in [2.05, 4.69) is 0 Å². The zero-order valence-corrected chi connectivity index (χ0v) is 5.46. The van der Waals surface area contributed by atoms with Gasteiger partial charge in [0.25, 0.3) is 0 Å². The molecule has 0 unspecified atom stereocenters. The van der Waals surface area contributed by atoms with Crippen molar-refractivity contribution in [2.24, 2.45) is 0 Å². The molecule has 2 heteroatoms. The van der Waals surface area contributed by atoms with E-state index in [0.717, 1.165) is 24.0 Å². The molecule has 0 bridgehead atoms. The molecule has 0 fully saturated rings. The van der Waals surface area contributed by atoms with Gasteiger partial charge in [0.05, 0.1) is 0 Å². The van der Waals surface area contributed by atoms with E-state index in [1.54, 1.807) is 12.1 Å². The molecule has 2 N–H and O–H groups in total. The van der Waals surface area contributed by atoms with E-state index >= 15 is 0 Å². The van der Waals surface area contributed by atoms with Crippen LogP contribution in [0.2, 0.25) is 0 Å². The number of benzene rings is 1. The predicted molar refractivity (Wildman–Crippen MR) is 37.2 cm³/mol. The maximum Gasteiger partial charge on any atom is 0.157 e. The van der Waals surface area contributed by atoms with E-state index in [9.17, 15) is 0 Å². The normalized spacial score (nSPS) is 14.0. The highest BCUT2D eigenvalue weighted by Gasteiger charge is 2.15.